The molecule has 3 rings (SSSR count). The van der Waals surface area contributed by atoms with Gasteiger partial charge >= 0.3 is 0 Å². The first-order valence-electron chi connectivity index (χ1n) is 6.75. The molecule has 0 saturated carbocycles. The third-order valence-electron chi connectivity index (χ3n) is 3.68. The number of imidazole rings is 1. The van der Waals surface area contributed by atoms with Gasteiger partial charge < -0.3 is 15.0 Å². The number of ether oxygens (including phenoxy) is 1. The lowest BCUT2D eigenvalue weighted by Crippen LogP contribution is -2.28. The molecule has 0 amide bonds. The molecular formula is C13H19N5O. The standard InChI is InChI=1S/C13H19N5O/c1-8(2)11-9(3-4-19-11)5-14-12-10-13(16-6-15-10)18-7-17-12/h6-9,11H,3-5H2,1-2H3,(H2,14,15,16,17,18)/t9-,11-/m0/s1. The predicted octanol–water partition coefficient (Wildman–Crippen LogP) is 1.83. The van der Waals surface area contributed by atoms with Gasteiger partial charge in [-0.15, -0.1) is 0 Å². The molecule has 2 N–H and O–H groups in total. The van der Waals surface area contributed by atoms with Crippen molar-refractivity contribution >= 4 is 17.0 Å². The highest BCUT2D eigenvalue weighted by Gasteiger charge is 2.30. The minimum Gasteiger partial charge on any atom is -0.378 e. The quantitative estimate of drug-likeness (QED) is 0.878. The van der Waals surface area contributed by atoms with Crippen LogP contribution < -0.4 is 5.32 Å². The molecule has 2 atom stereocenters. The second kappa shape index (κ2) is 5.13. The third kappa shape index (κ3) is 2.40. The zero-order valence-corrected chi connectivity index (χ0v) is 11.3. The first kappa shape index (κ1) is 12.3. The van der Waals surface area contributed by atoms with Gasteiger partial charge in [-0.3, -0.25) is 0 Å². The summed E-state index contributed by atoms with van der Waals surface area (Å²) in [5.74, 6) is 1.90. The highest BCUT2D eigenvalue weighted by atomic mass is 16.5. The van der Waals surface area contributed by atoms with E-state index in [4.69, 9.17) is 4.74 Å². The van der Waals surface area contributed by atoms with Crippen molar-refractivity contribution in [3.8, 4) is 0 Å². The van der Waals surface area contributed by atoms with Gasteiger partial charge in [0, 0.05) is 19.1 Å². The maximum atomic E-state index is 5.79. The van der Waals surface area contributed by atoms with E-state index in [-0.39, 0.29) is 0 Å². The van der Waals surface area contributed by atoms with Crippen LogP contribution in [-0.2, 0) is 4.74 Å². The number of aromatic amines is 1. The lowest BCUT2D eigenvalue weighted by atomic mass is 9.93. The SMILES string of the molecule is CC(C)[C@@H]1OCC[C@H]1CNc1ncnc2nc[nH]c12. The second-order valence-corrected chi connectivity index (χ2v) is 5.33. The zero-order chi connectivity index (χ0) is 13.2. The summed E-state index contributed by atoms with van der Waals surface area (Å²) in [4.78, 5) is 15.6. The summed E-state index contributed by atoms with van der Waals surface area (Å²) in [5.41, 5.74) is 1.56. The highest BCUT2D eigenvalue weighted by Crippen LogP contribution is 2.27. The van der Waals surface area contributed by atoms with Crippen LogP contribution >= 0.6 is 0 Å². The lowest BCUT2D eigenvalue weighted by Gasteiger charge is -2.22. The van der Waals surface area contributed by atoms with Crippen molar-refractivity contribution in [3.63, 3.8) is 0 Å². The number of fused-ring (bicyclic) bond motifs is 1. The molecule has 0 aliphatic carbocycles. The van der Waals surface area contributed by atoms with Gasteiger partial charge in [0.1, 0.15) is 11.8 Å². The first-order chi connectivity index (χ1) is 9.25. The molecule has 1 saturated heterocycles. The Balaban J connectivity index is 1.70. The Hall–Kier alpha value is -1.69. The molecule has 6 nitrogen and oxygen atoms in total. The molecule has 1 aliphatic heterocycles. The number of anilines is 1. The van der Waals surface area contributed by atoms with Crippen LogP contribution in [0.5, 0.6) is 0 Å². The number of hydrogen-bond donors (Lipinski definition) is 2. The Kier molecular flexibility index (Phi) is 3.33. The maximum Gasteiger partial charge on any atom is 0.182 e. The lowest BCUT2D eigenvalue weighted by molar-refractivity contribution is 0.0566. The minimum atomic E-state index is 0.339. The van der Waals surface area contributed by atoms with Gasteiger partial charge in [0.2, 0.25) is 0 Å². The molecule has 6 heteroatoms. The fraction of sp³-hybridized carbons (Fsp3) is 0.615. The molecule has 0 bridgehead atoms. The molecule has 3 heterocycles. The summed E-state index contributed by atoms with van der Waals surface area (Å²) in [7, 11) is 0. The smallest absolute Gasteiger partial charge is 0.182 e. The number of hydrogen-bond acceptors (Lipinski definition) is 5. The Morgan fingerprint density at radius 1 is 1.42 bits per heavy atom. The van der Waals surface area contributed by atoms with Crippen molar-refractivity contribution in [2.75, 3.05) is 18.5 Å². The van der Waals surface area contributed by atoms with Crippen molar-refractivity contribution in [1.29, 1.82) is 0 Å². The zero-order valence-electron chi connectivity index (χ0n) is 11.3. The largest absolute Gasteiger partial charge is 0.378 e. The van der Waals surface area contributed by atoms with E-state index in [1.807, 2.05) is 0 Å². The molecule has 2 aromatic heterocycles. The van der Waals surface area contributed by atoms with E-state index in [2.05, 4.69) is 39.1 Å². The average Bonchev–Trinajstić information content (AvgIpc) is 3.04. The second-order valence-electron chi connectivity index (χ2n) is 5.33. The first-order valence-corrected chi connectivity index (χ1v) is 6.75. The molecule has 1 fully saturated rings. The monoisotopic (exact) mass is 261 g/mol. The van der Waals surface area contributed by atoms with Crippen molar-refractivity contribution in [2.45, 2.75) is 26.4 Å². The van der Waals surface area contributed by atoms with Crippen molar-refractivity contribution < 1.29 is 4.74 Å². The summed E-state index contributed by atoms with van der Waals surface area (Å²) >= 11 is 0. The summed E-state index contributed by atoms with van der Waals surface area (Å²) in [6, 6.07) is 0. The molecule has 0 unspecified atom stereocenters. The summed E-state index contributed by atoms with van der Waals surface area (Å²) < 4.78 is 5.79. The summed E-state index contributed by atoms with van der Waals surface area (Å²) in [5, 5.41) is 3.40. The van der Waals surface area contributed by atoms with E-state index < -0.39 is 0 Å². The normalized spacial score (nSPS) is 23.3. The third-order valence-corrected chi connectivity index (χ3v) is 3.68. The number of rotatable bonds is 4. The number of nitrogens with zero attached hydrogens (tertiary/aromatic N) is 3. The van der Waals surface area contributed by atoms with Crippen LogP contribution in [0.1, 0.15) is 20.3 Å². The van der Waals surface area contributed by atoms with Gasteiger partial charge in [-0.05, 0) is 12.3 Å². The van der Waals surface area contributed by atoms with Crippen molar-refractivity contribution in [2.24, 2.45) is 11.8 Å². The molecule has 0 aromatic carbocycles. The Morgan fingerprint density at radius 3 is 3.16 bits per heavy atom. The van der Waals surface area contributed by atoms with E-state index in [9.17, 15) is 0 Å². The maximum absolute atomic E-state index is 5.79. The predicted molar refractivity (Wildman–Crippen MR) is 72.9 cm³/mol. The van der Waals surface area contributed by atoms with Gasteiger partial charge in [-0.2, -0.15) is 0 Å². The number of nitrogens with one attached hydrogen (secondary N) is 2. The topological polar surface area (TPSA) is 75.7 Å². The van der Waals surface area contributed by atoms with Gasteiger partial charge in [0.25, 0.3) is 0 Å². The average molecular weight is 261 g/mol. The van der Waals surface area contributed by atoms with E-state index in [1.54, 1.807) is 6.33 Å². The molecule has 2 aromatic rings. The van der Waals surface area contributed by atoms with Gasteiger partial charge in [0.05, 0.1) is 12.4 Å². The van der Waals surface area contributed by atoms with Crippen LogP contribution in [0.2, 0.25) is 0 Å². The van der Waals surface area contributed by atoms with Crippen molar-refractivity contribution in [1.82, 2.24) is 19.9 Å². The molecule has 0 radical (unpaired) electrons. The fourth-order valence-electron chi connectivity index (χ4n) is 2.74. The number of aromatic nitrogens is 4. The highest BCUT2D eigenvalue weighted by molar-refractivity contribution is 5.81. The van der Waals surface area contributed by atoms with Crippen LogP contribution in [-0.4, -0.2) is 39.2 Å². The van der Waals surface area contributed by atoms with E-state index in [0.717, 1.165) is 30.9 Å². The van der Waals surface area contributed by atoms with E-state index >= 15 is 0 Å². The van der Waals surface area contributed by atoms with Crippen molar-refractivity contribution in [3.05, 3.63) is 12.7 Å². The van der Waals surface area contributed by atoms with Crippen LogP contribution in [0.4, 0.5) is 5.82 Å². The summed E-state index contributed by atoms with van der Waals surface area (Å²) in [6.07, 6.45) is 4.62. The fourth-order valence-corrected chi connectivity index (χ4v) is 2.74. The Morgan fingerprint density at radius 2 is 2.32 bits per heavy atom. The summed E-state index contributed by atoms with van der Waals surface area (Å²) in [6.45, 7) is 6.15. The van der Waals surface area contributed by atoms with Gasteiger partial charge in [-0.25, -0.2) is 15.0 Å². The van der Waals surface area contributed by atoms with Crippen LogP contribution in [0, 0.1) is 11.8 Å². The molecular weight excluding hydrogens is 242 g/mol. The van der Waals surface area contributed by atoms with E-state index in [0.29, 0.717) is 23.6 Å². The molecule has 102 valence electrons. The van der Waals surface area contributed by atoms with Crippen LogP contribution in [0.3, 0.4) is 0 Å². The van der Waals surface area contributed by atoms with E-state index in [1.165, 1.54) is 6.33 Å². The Labute approximate surface area is 112 Å². The van der Waals surface area contributed by atoms with Gasteiger partial charge in [0.15, 0.2) is 11.5 Å². The minimum absolute atomic E-state index is 0.339. The van der Waals surface area contributed by atoms with Crippen LogP contribution in [0.25, 0.3) is 11.2 Å². The van der Waals surface area contributed by atoms with Gasteiger partial charge in [-0.1, -0.05) is 13.8 Å². The number of H-pyrrole nitrogens is 1. The molecule has 1 aliphatic rings. The molecule has 19 heavy (non-hydrogen) atoms. The van der Waals surface area contributed by atoms with Crippen LogP contribution in [0.15, 0.2) is 12.7 Å². The Bertz CT molecular complexity index is 553. The molecule has 0 spiro atoms.